The Kier molecular flexibility index (Phi) is 10.8. The fourth-order valence-electron chi connectivity index (χ4n) is 7.67. The number of aromatic nitrogens is 3. The number of halogens is 1. The summed E-state index contributed by atoms with van der Waals surface area (Å²) in [6.45, 7) is 8.41. The number of carbonyl (C=O) groups is 6. The van der Waals surface area contributed by atoms with Crippen LogP contribution in [0.3, 0.4) is 0 Å². The van der Waals surface area contributed by atoms with Crippen molar-refractivity contribution in [3.05, 3.63) is 81.1 Å². The minimum atomic E-state index is -1.04. The summed E-state index contributed by atoms with van der Waals surface area (Å²) >= 11 is 7.48. The molecule has 1 atom stereocenters. The normalized spacial score (nSPS) is 18.7. The number of amides is 6. The van der Waals surface area contributed by atoms with E-state index in [1.165, 1.54) is 17.5 Å². The van der Waals surface area contributed by atoms with Crippen LogP contribution in [0.15, 0.2) is 48.7 Å². The van der Waals surface area contributed by atoms with E-state index in [0.717, 1.165) is 16.3 Å². The second-order valence-electron chi connectivity index (χ2n) is 14.5. The molecule has 4 aliphatic heterocycles. The number of carbonyl (C=O) groups excluding carboxylic acids is 6. The first-order valence-corrected chi connectivity index (χ1v) is 20.1. The van der Waals surface area contributed by atoms with Crippen LogP contribution < -0.4 is 25.8 Å². The van der Waals surface area contributed by atoms with Gasteiger partial charge < -0.3 is 25.3 Å². The zero-order chi connectivity index (χ0) is 40.7. The average Bonchev–Trinajstić information content (AvgIpc) is 3.78. The molecular formula is C39H40ClN11O6S. The maximum Gasteiger partial charge on any atom is 0.267 e. The number of para-hydroxylation sites is 1. The summed E-state index contributed by atoms with van der Waals surface area (Å²) in [5.41, 5.74) is 2.49. The molecule has 3 N–H and O–H groups in total. The number of piperazine rings is 2. The van der Waals surface area contributed by atoms with Gasteiger partial charge in [0.05, 0.1) is 40.3 Å². The summed E-state index contributed by atoms with van der Waals surface area (Å²) in [6, 6.07) is 11.3. The third-order valence-electron chi connectivity index (χ3n) is 10.7. The van der Waals surface area contributed by atoms with Crippen LogP contribution in [0.4, 0.5) is 28.1 Å². The van der Waals surface area contributed by atoms with Crippen LogP contribution in [0.1, 0.15) is 54.6 Å². The molecule has 3 saturated heterocycles. The minimum Gasteiger partial charge on any atom is -0.367 e. The van der Waals surface area contributed by atoms with Crippen LogP contribution in [-0.4, -0.2) is 130 Å². The van der Waals surface area contributed by atoms with Crippen molar-refractivity contribution in [2.45, 2.75) is 32.7 Å². The van der Waals surface area contributed by atoms with E-state index in [1.807, 2.05) is 41.8 Å². The Hall–Kier alpha value is -5.98. The number of hydrogen-bond acceptors (Lipinski definition) is 14. The van der Waals surface area contributed by atoms with Crippen LogP contribution >= 0.6 is 22.9 Å². The van der Waals surface area contributed by atoms with Gasteiger partial charge in [0.2, 0.25) is 17.7 Å². The van der Waals surface area contributed by atoms with Gasteiger partial charge in [-0.15, -0.1) is 0 Å². The predicted molar refractivity (Wildman–Crippen MR) is 217 cm³/mol. The summed E-state index contributed by atoms with van der Waals surface area (Å²) in [5.74, 6) is -0.598. The van der Waals surface area contributed by atoms with E-state index in [0.29, 0.717) is 90.4 Å². The van der Waals surface area contributed by atoms with Gasteiger partial charge in [-0.3, -0.25) is 43.9 Å². The van der Waals surface area contributed by atoms with Gasteiger partial charge in [-0.25, -0.2) is 15.0 Å². The number of hydrogen-bond donors (Lipinski definition) is 3. The third kappa shape index (κ3) is 7.81. The first kappa shape index (κ1) is 38.9. The summed E-state index contributed by atoms with van der Waals surface area (Å²) in [4.78, 5) is 101. The van der Waals surface area contributed by atoms with Gasteiger partial charge in [0, 0.05) is 64.8 Å². The standard InChI is InChI=1S/C39H40ClN11O6S/c1-22-5-3-7-25(40)34(22)46-36(55)28-20-41-39(58-28)44-29-19-30(43-23(2)42-29)49-13-11-47(12-14-49)21-32(53)50-17-15-48(16-18-50)26-8-4-6-24-33(26)38(57)51(37(24)56)27-9-10-31(52)45-35(27)54/h3-8,19-20,27H,9-18,21H2,1-2H3,(H,46,55)(H,45,52,54)(H,41,42,43,44). The number of fused-ring (bicyclic) bond motifs is 1. The van der Waals surface area contributed by atoms with Gasteiger partial charge in [-0.1, -0.05) is 41.1 Å². The van der Waals surface area contributed by atoms with Gasteiger partial charge in [-0.05, 0) is 44.0 Å². The predicted octanol–water partition coefficient (Wildman–Crippen LogP) is 3.07. The zero-order valence-electron chi connectivity index (χ0n) is 31.8. The van der Waals surface area contributed by atoms with Gasteiger partial charge >= 0.3 is 0 Å². The molecule has 0 aliphatic carbocycles. The molecule has 4 aliphatic rings. The molecule has 19 heteroatoms. The number of benzene rings is 2. The Balaban J connectivity index is 0.827. The van der Waals surface area contributed by atoms with Crippen LogP contribution in [0, 0.1) is 13.8 Å². The highest BCUT2D eigenvalue weighted by Crippen LogP contribution is 2.35. The molecule has 300 valence electrons. The quantitative estimate of drug-likeness (QED) is 0.209. The molecule has 0 saturated carbocycles. The number of imide groups is 2. The lowest BCUT2D eigenvalue weighted by molar-refractivity contribution is -0.136. The Labute approximate surface area is 342 Å². The van der Waals surface area contributed by atoms with Crippen molar-refractivity contribution in [2.24, 2.45) is 0 Å². The summed E-state index contributed by atoms with van der Waals surface area (Å²) in [7, 11) is 0. The molecule has 6 amide bonds. The van der Waals surface area contributed by atoms with Crippen LogP contribution in [-0.2, 0) is 14.4 Å². The van der Waals surface area contributed by atoms with Gasteiger partial charge in [-0.2, -0.15) is 0 Å². The number of piperidine rings is 1. The molecule has 1 unspecified atom stereocenters. The third-order valence-corrected chi connectivity index (χ3v) is 12.0. The molecule has 0 spiro atoms. The van der Waals surface area contributed by atoms with Crippen molar-refractivity contribution in [2.75, 3.05) is 79.3 Å². The Morgan fingerprint density at radius 2 is 1.66 bits per heavy atom. The van der Waals surface area contributed by atoms with E-state index in [9.17, 15) is 28.8 Å². The van der Waals surface area contributed by atoms with E-state index in [2.05, 4.69) is 40.7 Å². The van der Waals surface area contributed by atoms with Crippen molar-refractivity contribution in [1.82, 2.24) is 35.0 Å². The monoisotopic (exact) mass is 825 g/mol. The zero-order valence-corrected chi connectivity index (χ0v) is 33.4. The lowest BCUT2D eigenvalue weighted by Crippen LogP contribution is -2.54. The maximum absolute atomic E-state index is 13.6. The number of nitrogens with zero attached hydrogens (tertiary/aromatic N) is 8. The topological polar surface area (TPSA) is 193 Å². The maximum atomic E-state index is 13.6. The van der Waals surface area contributed by atoms with E-state index in [-0.39, 0.29) is 42.3 Å². The molecule has 0 bridgehead atoms. The highest BCUT2D eigenvalue weighted by molar-refractivity contribution is 7.17. The van der Waals surface area contributed by atoms with E-state index >= 15 is 0 Å². The van der Waals surface area contributed by atoms with Crippen LogP contribution in [0.25, 0.3) is 0 Å². The lowest BCUT2D eigenvalue weighted by Gasteiger charge is -2.39. The first-order chi connectivity index (χ1) is 27.9. The van der Waals surface area contributed by atoms with E-state index in [1.54, 1.807) is 24.3 Å². The van der Waals surface area contributed by atoms with Crippen LogP contribution in [0.5, 0.6) is 0 Å². The Bertz CT molecular complexity index is 2320. The van der Waals surface area contributed by atoms with Gasteiger partial charge in [0.1, 0.15) is 28.4 Å². The Morgan fingerprint density at radius 3 is 2.40 bits per heavy atom. The molecule has 2 aromatic heterocycles. The van der Waals surface area contributed by atoms with Crippen molar-refractivity contribution < 1.29 is 28.8 Å². The summed E-state index contributed by atoms with van der Waals surface area (Å²) in [5, 5.41) is 9.26. The highest BCUT2D eigenvalue weighted by atomic mass is 35.5. The van der Waals surface area contributed by atoms with Crippen LogP contribution in [0.2, 0.25) is 5.02 Å². The van der Waals surface area contributed by atoms with Gasteiger partial charge in [0.25, 0.3) is 17.7 Å². The number of anilines is 5. The second-order valence-corrected chi connectivity index (χ2v) is 15.9. The largest absolute Gasteiger partial charge is 0.367 e. The fourth-order valence-corrected chi connectivity index (χ4v) is 8.66. The van der Waals surface area contributed by atoms with Crippen molar-refractivity contribution in [1.29, 1.82) is 0 Å². The van der Waals surface area contributed by atoms with Crippen molar-refractivity contribution in [3.63, 3.8) is 0 Å². The molecule has 4 aromatic rings. The molecule has 2 aromatic carbocycles. The Morgan fingerprint density at radius 1 is 0.914 bits per heavy atom. The lowest BCUT2D eigenvalue weighted by atomic mass is 10.0. The molecule has 58 heavy (non-hydrogen) atoms. The number of rotatable bonds is 9. The van der Waals surface area contributed by atoms with E-state index in [4.69, 9.17) is 11.6 Å². The summed E-state index contributed by atoms with van der Waals surface area (Å²) in [6.07, 6.45) is 1.64. The number of thiazole rings is 1. The first-order valence-electron chi connectivity index (χ1n) is 18.9. The molecule has 0 radical (unpaired) electrons. The number of aryl methyl sites for hydroxylation is 2. The minimum absolute atomic E-state index is 0.0181. The fraction of sp³-hybridized carbons (Fsp3) is 0.359. The van der Waals surface area contributed by atoms with E-state index < -0.39 is 29.7 Å². The molecule has 3 fully saturated rings. The molecule has 8 rings (SSSR count). The molecular weight excluding hydrogens is 786 g/mol. The molecule has 6 heterocycles. The van der Waals surface area contributed by atoms with Crippen molar-refractivity contribution >= 4 is 86.5 Å². The van der Waals surface area contributed by atoms with Crippen molar-refractivity contribution in [3.8, 4) is 0 Å². The SMILES string of the molecule is Cc1nc(Nc2ncc(C(=O)Nc3c(C)cccc3Cl)s2)cc(N2CCN(CC(=O)N3CCN(c4cccc5c4C(=O)N(C4CCC(=O)NC4=O)C5=O)CC3)CC2)n1. The number of nitrogens with one attached hydrogen (secondary N) is 3. The second kappa shape index (κ2) is 16.1. The average molecular weight is 826 g/mol. The highest BCUT2D eigenvalue weighted by Gasteiger charge is 2.46. The molecule has 17 nitrogen and oxygen atoms in total. The van der Waals surface area contributed by atoms with Gasteiger partial charge in [0.15, 0.2) is 5.13 Å². The summed E-state index contributed by atoms with van der Waals surface area (Å²) < 4.78 is 0. The smallest absolute Gasteiger partial charge is 0.267 e.